The highest BCUT2D eigenvalue weighted by Gasteiger charge is 2.52. The molecule has 3 saturated carbocycles. The van der Waals surface area contributed by atoms with Gasteiger partial charge in [0.15, 0.2) is 23.2 Å². The van der Waals surface area contributed by atoms with Crippen molar-refractivity contribution in [3.8, 4) is 67.0 Å². The lowest BCUT2D eigenvalue weighted by atomic mass is 9.70. The van der Waals surface area contributed by atoms with E-state index < -0.39 is 16.7 Å². The number of Topliss-reactive ketones (excluding diaryl/α,β-unsaturated/α-hetero) is 1. The molecule has 4 fully saturated rings. The van der Waals surface area contributed by atoms with Crippen LogP contribution in [0.3, 0.4) is 0 Å². The number of pyridine rings is 4. The molecular formula is C112H114BCl4N21O9. The van der Waals surface area contributed by atoms with Gasteiger partial charge in [0.2, 0.25) is 0 Å². The fraction of sp³-hybridized carbons (Fsp3) is 0.250. The number of halogens is 4. The Morgan fingerprint density at radius 2 is 0.776 bits per heavy atom. The van der Waals surface area contributed by atoms with Crippen LogP contribution in [0, 0.1) is 0 Å². The SMILES string of the molecule is CC(=O)Cc1ccccc1.CC(C)(C)OC(=O)NC1(c2ccc(-c3nc4ncnc(N)c4cc3-c3ccccc3)cc2)CCC1.CC(C)(C)OC(=O)NC1(c2ccc(B3OC(C)(C)C(C)(C)O3)cc2)CCC1.Cl.Nc1ncnc(Cl)c1C=O.Nc1ncnc2nc(-c3ccc(C4(N)CCC4)cc3)c(-c3ccccc3)cc12.Nc1ncnc2nc(Cl)c(-c3ccccc3)cc12.O=c1[nH]c2ncnc(Cl)c2cc1-c1ccccc1. The highest BCUT2D eigenvalue weighted by Crippen LogP contribution is 2.47. The predicted molar refractivity (Wildman–Crippen MR) is 585 cm³/mol. The minimum absolute atomic E-state index is 0. The Kier molecular flexibility index (Phi) is 34.0. The van der Waals surface area contributed by atoms with Gasteiger partial charge in [-0.15, -0.1) is 12.4 Å². The molecule has 1 saturated heterocycles. The summed E-state index contributed by atoms with van der Waals surface area (Å²) >= 11 is 17.6. The van der Waals surface area contributed by atoms with Crippen LogP contribution in [0.1, 0.15) is 167 Å². The second-order valence-electron chi connectivity index (χ2n) is 38.8. The van der Waals surface area contributed by atoms with Crippen LogP contribution in [0.2, 0.25) is 15.5 Å². The van der Waals surface area contributed by atoms with E-state index in [1.54, 1.807) is 13.0 Å². The highest BCUT2D eigenvalue weighted by molar-refractivity contribution is 6.62. The molecule has 1 aliphatic heterocycles. The van der Waals surface area contributed by atoms with Gasteiger partial charge in [-0.2, -0.15) is 0 Å². The third-order valence-electron chi connectivity index (χ3n) is 25.7. The van der Waals surface area contributed by atoms with Gasteiger partial charge in [-0.25, -0.2) is 74.4 Å². The molecule has 35 heteroatoms. The van der Waals surface area contributed by atoms with Gasteiger partial charge in [0.1, 0.15) is 93.0 Å². The number of ether oxygens (including phenoxy) is 2. The Morgan fingerprint density at radius 1 is 0.422 bits per heavy atom. The van der Waals surface area contributed by atoms with Crippen LogP contribution in [0.4, 0.5) is 32.9 Å². The number of carbonyl (C=O) groups is 4. The van der Waals surface area contributed by atoms with Crippen LogP contribution >= 0.6 is 47.2 Å². The molecule has 10 heterocycles. The number of nitrogens with one attached hydrogen (secondary N) is 3. The average Bonchev–Trinajstić information content (AvgIpc) is 1.72. The number of nitrogens with two attached hydrogens (primary N) is 5. The molecule has 0 spiro atoms. The molecular weight excluding hydrogens is 1940 g/mol. The lowest BCUT2D eigenvalue weighted by Gasteiger charge is -2.43. The summed E-state index contributed by atoms with van der Waals surface area (Å²) in [6.45, 7) is 21.0. The van der Waals surface area contributed by atoms with Crippen molar-refractivity contribution in [1.29, 1.82) is 0 Å². The zero-order valence-corrected chi connectivity index (χ0v) is 86.3. The Balaban J connectivity index is 0.000000140. The molecule has 752 valence electrons. The van der Waals surface area contributed by atoms with Crippen LogP contribution in [0.5, 0.6) is 0 Å². The van der Waals surface area contributed by atoms with Gasteiger partial charge in [-0.3, -0.25) is 14.4 Å². The van der Waals surface area contributed by atoms with Gasteiger partial charge in [-0.1, -0.05) is 259 Å². The minimum atomic E-state index is -0.540. The van der Waals surface area contributed by atoms with Crippen molar-refractivity contribution in [3.05, 3.63) is 334 Å². The largest absolute Gasteiger partial charge is 0.494 e. The number of hydrogen-bond acceptors (Lipinski definition) is 27. The molecule has 9 aromatic heterocycles. The summed E-state index contributed by atoms with van der Waals surface area (Å²) < 4.78 is 23.2. The number of rotatable bonds is 15. The first-order valence-electron chi connectivity index (χ1n) is 47.7. The van der Waals surface area contributed by atoms with E-state index in [-0.39, 0.29) is 81.9 Å². The third-order valence-corrected chi connectivity index (χ3v) is 26.6. The average molecular weight is 2050 g/mol. The maximum Gasteiger partial charge on any atom is 0.494 e. The number of nitrogens with zero attached hydrogens (tertiary/aromatic N) is 13. The smallest absolute Gasteiger partial charge is 0.444 e. The van der Waals surface area contributed by atoms with Crippen molar-refractivity contribution in [2.75, 3.05) is 22.9 Å². The van der Waals surface area contributed by atoms with Crippen molar-refractivity contribution >= 4 is 151 Å². The van der Waals surface area contributed by atoms with Crippen LogP contribution in [0.15, 0.2) is 285 Å². The number of nitrogen functional groups attached to an aromatic ring is 4. The molecule has 0 atom stereocenters. The first kappa shape index (κ1) is 108. The van der Waals surface area contributed by atoms with E-state index in [9.17, 15) is 24.0 Å². The number of carbonyl (C=O) groups excluding carboxylic acids is 4. The summed E-state index contributed by atoms with van der Waals surface area (Å²) in [4.78, 5) is 114. The van der Waals surface area contributed by atoms with Gasteiger partial charge < -0.3 is 63.1 Å². The number of alkyl carbamates (subject to hydrolysis) is 2. The second-order valence-corrected chi connectivity index (χ2v) is 39.9. The molecule has 147 heavy (non-hydrogen) atoms. The number of ketones is 1. The molecule has 4 aliphatic rings. The number of H-pyrrole nitrogens is 1. The van der Waals surface area contributed by atoms with Gasteiger partial charge in [0.05, 0.1) is 60.8 Å². The van der Waals surface area contributed by atoms with Gasteiger partial charge in [-0.05, 0) is 208 Å². The minimum Gasteiger partial charge on any atom is -0.444 e. The first-order chi connectivity index (χ1) is 69.8. The van der Waals surface area contributed by atoms with Crippen molar-refractivity contribution in [2.45, 2.75) is 179 Å². The van der Waals surface area contributed by atoms with Gasteiger partial charge in [0, 0.05) is 45.3 Å². The van der Waals surface area contributed by atoms with E-state index in [4.69, 9.17) is 92.2 Å². The molecule has 13 N–H and O–H groups in total. The van der Waals surface area contributed by atoms with Crippen LogP contribution in [-0.4, -0.2) is 124 Å². The fourth-order valence-corrected chi connectivity index (χ4v) is 17.5. The number of fused-ring (bicyclic) bond motifs is 4. The van der Waals surface area contributed by atoms with Crippen LogP contribution < -0.4 is 50.3 Å². The standard InChI is InChI=1S/C28H29N5O2.C23H21N5.C21H32BNO4.C13H9ClN4.C13H8ClN3O.C9H10O.C5H4ClN3O.ClH/c1-27(2,3)35-26(34)33-28(14-7-15-28)20-12-10-19(11-13-20)23-21(18-8-5-4-6-9-18)16-22-24(29)30-17-31-25(22)32-23;24-21-19-13-18(15-5-2-1-3-6-15)20(28-22(19)27-14-26-21)16-7-9-17(10-8-16)23(25)11-4-12-23;1-18(2,3)25-17(24)23-21(13-8-14-21)15-9-11-16(12-10-15)22-26-19(4,5)20(6,7)27-22;14-11-9(8-4-2-1-3-5-8)6-10-12(15)16-7-17-13(10)18-11;14-11-10-6-9(8-4-2-1-3-5-8)13(18)17-12(10)16-7-15-11;1-8(10)7-9-5-3-2-4-6-9;6-4-3(1-10)5(7)9-2-8-4;/h4-6,8-13,16-17H,7,14-15H2,1-3H3,(H,33,34)(H2,29,30,31,32);1-3,5-10,13-14H,4,11-12,25H2,(H2,24,26,27,28);9-12H,8,13-14H2,1-7H3,(H,23,24);1-7H,(H2,15,16,17,18);1-7H,(H,15,16,17,18);2-6H,7H2,1H3;1-2H,(H2,7,8,9);1H. The highest BCUT2D eigenvalue weighted by atomic mass is 35.5. The molecule has 30 nitrogen and oxygen atoms in total. The number of hydrogen-bond donors (Lipinski definition) is 8. The van der Waals surface area contributed by atoms with Crippen LogP contribution in [0.25, 0.3) is 111 Å². The molecule has 21 rings (SSSR count). The van der Waals surface area contributed by atoms with E-state index in [1.165, 1.54) is 43.6 Å². The lowest BCUT2D eigenvalue weighted by molar-refractivity contribution is -0.116. The van der Waals surface area contributed by atoms with Crippen molar-refractivity contribution in [1.82, 2.24) is 80.4 Å². The number of amides is 2. The summed E-state index contributed by atoms with van der Waals surface area (Å²) in [5, 5.41) is 9.87. The number of anilines is 4. The van der Waals surface area contributed by atoms with E-state index in [1.807, 2.05) is 199 Å². The van der Waals surface area contributed by atoms with Crippen molar-refractivity contribution in [2.24, 2.45) is 5.73 Å². The molecule has 2 amide bonds. The summed E-state index contributed by atoms with van der Waals surface area (Å²) in [6, 6.07) is 81.7. The van der Waals surface area contributed by atoms with Crippen LogP contribution in [-0.2, 0) is 46.6 Å². The normalized spacial score (nSPS) is 14.5. The molecule has 0 unspecified atom stereocenters. The van der Waals surface area contributed by atoms with Gasteiger partial charge in [0.25, 0.3) is 5.56 Å². The van der Waals surface area contributed by atoms with Crippen molar-refractivity contribution < 1.29 is 38.0 Å². The first-order valence-corrected chi connectivity index (χ1v) is 48.8. The fourth-order valence-electron chi connectivity index (χ4n) is 16.9. The zero-order valence-electron chi connectivity index (χ0n) is 83.2. The summed E-state index contributed by atoms with van der Waals surface area (Å²) in [5.41, 5.74) is 45.5. The summed E-state index contributed by atoms with van der Waals surface area (Å²) in [5.74, 6) is 1.57. The van der Waals surface area contributed by atoms with E-state index in [2.05, 4.69) is 183 Å². The van der Waals surface area contributed by atoms with E-state index in [0.717, 1.165) is 146 Å². The summed E-state index contributed by atoms with van der Waals surface area (Å²) in [6.07, 6.45) is 16.2. The van der Waals surface area contributed by atoms with Crippen molar-refractivity contribution in [3.63, 3.8) is 0 Å². The number of aromatic nitrogens is 14. The predicted octanol–water partition coefficient (Wildman–Crippen LogP) is 22.3. The van der Waals surface area contributed by atoms with Gasteiger partial charge >= 0.3 is 19.3 Å². The Bertz CT molecular complexity index is 7550. The quantitative estimate of drug-likeness (QED) is 0.0204. The molecule has 3 aliphatic carbocycles. The maximum atomic E-state index is 12.5. The Hall–Kier alpha value is -15.2. The topological polar surface area (TPSA) is 460 Å². The number of benzene rings is 8. The molecule has 0 radical (unpaired) electrons. The number of aromatic amines is 1. The molecule has 17 aromatic rings. The van der Waals surface area contributed by atoms with E-state index >= 15 is 0 Å². The van der Waals surface area contributed by atoms with E-state index in [0.29, 0.717) is 79.4 Å². The number of aldehydes is 1. The summed E-state index contributed by atoms with van der Waals surface area (Å²) in [7, 11) is -0.375. The maximum absolute atomic E-state index is 12.5. The Morgan fingerprint density at radius 3 is 1.16 bits per heavy atom. The second kappa shape index (κ2) is 46.4. The zero-order chi connectivity index (χ0) is 104. The Labute approximate surface area is 873 Å². The molecule has 0 bridgehead atoms. The third kappa shape index (κ3) is 26.2. The molecule has 8 aromatic carbocycles. The monoisotopic (exact) mass is 2050 g/mol. The lowest BCUT2D eigenvalue weighted by Crippen LogP contribution is -2.52.